The van der Waals surface area contributed by atoms with Crippen molar-refractivity contribution < 1.29 is 4.79 Å². The molecule has 1 aliphatic rings. The lowest BCUT2D eigenvalue weighted by Crippen LogP contribution is -2.61. The summed E-state index contributed by atoms with van der Waals surface area (Å²) in [4.78, 5) is 16.0. The van der Waals surface area contributed by atoms with Crippen LogP contribution in [0.3, 0.4) is 0 Å². The molecule has 0 aromatic carbocycles. The van der Waals surface area contributed by atoms with Crippen LogP contribution < -0.4 is 0 Å². The third-order valence-corrected chi connectivity index (χ3v) is 2.94. The number of likely N-dealkylation sites (N-methyl/N-ethyl adjacent to an activating group) is 1. The number of rotatable bonds is 2. The minimum absolute atomic E-state index is 0.0906. The molecule has 0 radical (unpaired) electrons. The van der Waals surface area contributed by atoms with E-state index < -0.39 is 0 Å². The maximum absolute atomic E-state index is 12.1. The Morgan fingerprint density at radius 1 is 1.60 bits per heavy atom. The third-order valence-electron chi connectivity index (χ3n) is 2.94. The van der Waals surface area contributed by atoms with Gasteiger partial charge in [0.15, 0.2) is 0 Å². The number of carbonyl (C=O) groups excluding carboxylic acids is 1. The van der Waals surface area contributed by atoms with Crippen molar-refractivity contribution in [2.24, 2.45) is 0 Å². The van der Waals surface area contributed by atoms with E-state index in [1.54, 1.807) is 0 Å². The normalized spacial score (nSPS) is 28.3. The molecule has 15 heavy (non-hydrogen) atoms. The Bertz CT molecular complexity index is 282. The lowest BCUT2D eigenvalue weighted by atomic mass is 10.0. The Labute approximate surface area is 91.5 Å². The molecule has 0 aromatic rings. The Morgan fingerprint density at radius 3 is 2.67 bits per heavy atom. The Morgan fingerprint density at radius 2 is 2.20 bits per heavy atom. The maximum Gasteiger partial charge on any atom is 0.241 e. The zero-order valence-electron chi connectivity index (χ0n) is 9.90. The predicted molar refractivity (Wildman–Crippen MR) is 58.1 cm³/mol. The van der Waals surface area contributed by atoms with Crippen molar-refractivity contribution >= 4 is 5.91 Å². The van der Waals surface area contributed by atoms with Crippen molar-refractivity contribution in [3.63, 3.8) is 0 Å². The number of hydrogen-bond donors (Lipinski definition) is 0. The number of nitriles is 1. The second-order valence-electron chi connectivity index (χ2n) is 4.51. The Balaban J connectivity index is 2.85. The average molecular weight is 209 g/mol. The van der Waals surface area contributed by atoms with Crippen LogP contribution in [0.15, 0.2) is 0 Å². The molecule has 2 atom stereocenters. The number of hydrogen-bond acceptors (Lipinski definition) is 3. The molecule has 4 nitrogen and oxygen atoms in total. The van der Waals surface area contributed by atoms with Crippen LogP contribution in [0.1, 0.15) is 27.2 Å². The van der Waals surface area contributed by atoms with Crippen molar-refractivity contribution in [3.05, 3.63) is 0 Å². The first-order chi connectivity index (χ1) is 6.99. The predicted octanol–water partition coefficient (Wildman–Crippen LogP) is 0.840. The maximum atomic E-state index is 12.1. The summed E-state index contributed by atoms with van der Waals surface area (Å²) < 4.78 is 0. The van der Waals surface area contributed by atoms with Gasteiger partial charge < -0.3 is 4.90 Å². The summed E-state index contributed by atoms with van der Waals surface area (Å²) in [6.07, 6.45) is 0.283. The van der Waals surface area contributed by atoms with Crippen LogP contribution in [0, 0.1) is 11.3 Å². The molecule has 4 heteroatoms. The molecule has 84 valence electrons. The highest BCUT2D eigenvalue weighted by molar-refractivity contribution is 5.83. The van der Waals surface area contributed by atoms with Crippen LogP contribution in [0.25, 0.3) is 0 Å². The van der Waals surface area contributed by atoms with E-state index in [0.29, 0.717) is 0 Å². The van der Waals surface area contributed by atoms with Crippen molar-refractivity contribution in [1.29, 1.82) is 5.26 Å². The highest BCUT2D eigenvalue weighted by Gasteiger charge is 2.37. The summed E-state index contributed by atoms with van der Waals surface area (Å²) in [7, 11) is 1.91. The minimum Gasteiger partial charge on any atom is -0.335 e. The van der Waals surface area contributed by atoms with Crippen molar-refractivity contribution in [3.8, 4) is 6.07 Å². The molecule has 1 rings (SSSR count). The summed E-state index contributed by atoms with van der Waals surface area (Å²) >= 11 is 0. The summed E-state index contributed by atoms with van der Waals surface area (Å²) in [6, 6.07) is 2.27. The largest absolute Gasteiger partial charge is 0.335 e. The SMILES string of the molecule is CC(C)N1C(=O)C(CC#N)N(C)CC1C. The smallest absolute Gasteiger partial charge is 0.241 e. The van der Waals surface area contributed by atoms with E-state index in [4.69, 9.17) is 5.26 Å². The monoisotopic (exact) mass is 209 g/mol. The molecule has 2 unspecified atom stereocenters. The van der Waals surface area contributed by atoms with Crippen molar-refractivity contribution in [1.82, 2.24) is 9.80 Å². The first kappa shape index (κ1) is 12.0. The standard InChI is InChI=1S/C11H19N3O/c1-8(2)14-9(3)7-13(4)10(5-6-12)11(14)15/h8-10H,5,7H2,1-4H3. The van der Waals surface area contributed by atoms with Crippen LogP contribution in [0.4, 0.5) is 0 Å². The quantitative estimate of drug-likeness (QED) is 0.677. The van der Waals surface area contributed by atoms with Gasteiger partial charge in [-0.3, -0.25) is 9.69 Å². The zero-order valence-corrected chi connectivity index (χ0v) is 9.90. The van der Waals surface area contributed by atoms with Crippen LogP contribution in [0.5, 0.6) is 0 Å². The third kappa shape index (κ3) is 2.29. The summed E-state index contributed by atoms with van der Waals surface area (Å²) in [5.41, 5.74) is 0. The second kappa shape index (κ2) is 4.63. The van der Waals surface area contributed by atoms with E-state index in [-0.39, 0.29) is 30.5 Å². The van der Waals surface area contributed by atoms with Gasteiger partial charge in [0.05, 0.1) is 12.5 Å². The van der Waals surface area contributed by atoms with Gasteiger partial charge in [-0.15, -0.1) is 0 Å². The lowest BCUT2D eigenvalue weighted by molar-refractivity contribution is -0.146. The van der Waals surface area contributed by atoms with Gasteiger partial charge in [-0.1, -0.05) is 0 Å². The molecule has 0 aromatic heterocycles. The molecule has 0 N–H and O–H groups in total. The molecular weight excluding hydrogens is 190 g/mol. The highest BCUT2D eigenvalue weighted by Crippen LogP contribution is 2.19. The fourth-order valence-electron chi connectivity index (χ4n) is 2.30. The molecule has 0 bridgehead atoms. The summed E-state index contributed by atoms with van der Waals surface area (Å²) in [5, 5.41) is 8.70. The Kier molecular flexibility index (Phi) is 3.70. The molecule has 0 spiro atoms. The lowest BCUT2D eigenvalue weighted by Gasteiger charge is -2.44. The molecular formula is C11H19N3O. The summed E-state index contributed by atoms with van der Waals surface area (Å²) in [5.74, 6) is 0.0906. The van der Waals surface area contributed by atoms with E-state index in [1.165, 1.54) is 0 Å². The van der Waals surface area contributed by atoms with Gasteiger partial charge in [0.2, 0.25) is 5.91 Å². The van der Waals surface area contributed by atoms with Gasteiger partial charge in [-0.05, 0) is 27.8 Å². The van der Waals surface area contributed by atoms with Crippen LogP contribution in [-0.4, -0.2) is 47.4 Å². The highest BCUT2D eigenvalue weighted by atomic mass is 16.2. The van der Waals surface area contributed by atoms with Crippen LogP contribution in [-0.2, 0) is 4.79 Å². The first-order valence-electron chi connectivity index (χ1n) is 5.38. The molecule has 1 aliphatic heterocycles. The molecule has 1 fully saturated rings. The molecule has 1 amide bonds. The Hall–Kier alpha value is -1.08. The number of amides is 1. The fourth-order valence-corrected chi connectivity index (χ4v) is 2.30. The topological polar surface area (TPSA) is 47.3 Å². The van der Waals surface area contributed by atoms with Crippen LogP contribution in [0.2, 0.25) is 0 Å². The van der Waals surface area contributed by atoms with Crippen molar-refractivity contribution in [2.45, 2.75) is 45.3 Å². The van der Waals surface area contributed by atoms with E-state index >= 15 is 0 Å². The van der Waals surface area contributed by atoms with Gasteiger partial charge in [-0.25, -0.2) is 0 Å². The zero-order chi connectivity index (χ0) is 11.6. The van der Waals surface area contributed by atoms with Gasteiger partial charge in [0, 0.05) is 18.6 Å². The first-order valence-corrected chi connectivity index (χ1v) is 5.38. The van der Waals surface area contributed by atoms with Gasteiger partial charge >= 0.3 is 0 Å². The van der Waals surface area contributed by atoms with E-state index in [0.717, 1.165) is 6.54 Å². The van der Waals surface area contributed by atoms with Gasteiger partial charge in [0.25, 0.3) is 0 Å². The molecule has 0 saturated carbocycles. The minimum atomic E-state index is -0.256. The van der Waals surface area contributed by atoms with Gasteiger partial charge in [-0.2, -0.15) is 5.26 Å². The number of nitrogens with zero attached hydrogens (tertiary/aromatic N) is 3. The average Bonchev–Trinajstić information content (AvgIpc) is 2.11. The van der Waals surface area contributed by atoms with Crippen LogP contribution >= 0.6 is 0 Å². The van der Waals surface area contributed by atoms with E-state index in [2.05, 4.69) is 13.0 Å². The molecule has 1 saturated heterocycles. The second-order valence-corrected chi connectivity index (χ2v) is 4.51. The van der Waals surface area contributed by atoms with E-state index in [1.807, 2.05) is 30.7 Å². The molecule has 1 heterocycles. The molecule has 0 aliphatic carbocycles. The number of carbonyl (C=O) groups is 1. The fraction of sp³-hybridized carbons (Fsp3) is 0.818. The van der Waals surface area contributed by atoms with E-state index in [9.17, 15) is 4.79 Å². The van der Waals surface area contributed by atoms with Crippen molar-refractivity contribution in [2.75, 3.05) is 13.6 Å². The number of piperazine rings is 1. The summed E-state index contributed by atoms with van der Waals surface area (Å²) in [6.45, 7) is 6.93. The van der Waals surface area contributed by atoms with Gasteiger partial charge in [0.1, 0.15) is 6.04 Å².